The summed E-state index contributed by atoms with van der Waals surface area (Å²) in [6.45, 7) is 3.89. The second-order valence-corrected chi connectivity index (χ2v) is 17.7. The summed E-state index contributed by atoms with van der Waals surface area (Å²) in [6, 6.07) is -1.47. The number of carbonyl (C=O) groups excluding carboxylic acids is 1. The van der Waals surface area contributed by atoms with Crippen LogP contribution in [0.5, 0.6) is 0 Å². The van der Waals surface area contributed by atoms with E-state index in [1.807, 2.05) is 0 Å². The molecule has 0 spiro atoms. The number of carboxylic acids is 1. The fourth-order valence-electron chi connectivity index (χ4n) is 6.75. The van der Waals surface area contributed by atoms with Gasteiger partial charge in [0.15, 0.2) is 0 Å². The lowest BCUT2D eigenvalue weighted by Crippen LogP contribution is -2.34. The van der Waals surface area contributed by atoms with Crippen molar-refractivity contribution >= 4 is 19.8 Å². The van der Waals surface area contributed by atoms with E-state index < -0.39 is 45.1 Å². The molecule has 0 fully saturated rings. The van der Waals surface area contributed by atoms with Gasteiger partial charge in [0.25, 0.3) is 0 Å². The summed E-state index contributed by atoms with van der Waals surface area (Å²) in [5, 5.41) is 8.91. The zero-order valence-corrected chi connectivity index (χ0v) is 38.3. The molecule has 10 nitrogen and oxygen atoms in total. The highest BCUT2D eigenvalue weighted by Crippen LogP contribution is 2.43. The largest absolute Gasteiger partial charge is 0.480 e. The Labute approximate surface area is 355 Å². The molecule has 0 aliphatic heterocycles. The molecule has 0 saturated carbocycles. The molecular weight excluding hydrogens is 753 g/mol. The minimum absolute atomic E-state index is 0.0191. The highest BCUT2D eigenvalue weighted by Gasteiger charge is 2.27. The molecule has 0 heterocycles. The van der Waals surface area contributed by atoms with Crippen molar-refractivity contribution in [2.24, 2.45) is 5.73 Å². The summed E-state index contributed by atoms with van der Waals surface area (Å²) < 4.78 is 33.4. The Hall–Kier alpha value is -1.55. The average molecular weight is 844 g/mol. The van der Waals surface area contributed by atoms with Crippen LogP contribution >= 0.6 is 7.82 Å². The monoisotopic (exact) mass is 844 g/mol. The number of hydrogen-bond donors (Lipinski definition) is 3. The zero-order chi connectivity index (χ0) is 42.6. The van der Waals surface area contributed by atoms with Gasteiger partial charge in [-0.15, -0.1) is 0 Å². The van der Waals surface area contributed by atoms with Crippen LogP contribution in [0.2, 0.25) is 0 Å². The van der Waals surface area contributed by atoms with E-state index in [1.165, 1.54) is 161 Å². The fraction of sp³-hybridized carbons (Fsp3) is 0.872. The van der Waals surface area contributed by atoms with Gasteiger partial charge in [-0.25, -0.2) is 4.57 Å². The zero-order valence-electron chi connectivity index (χ0n) is 37.4. The van der Waals surface area contributed by atoms with Gasteiger partial charge in [0.1, 0.15) is 12.1 Å². The summed E-state index contributed by atoms with van der Waals surface area (Å²) >= 11 is 0. The normalized spacial score (nSPS) is 14.0. The van der Waals surface area contributed by atoms with Gasteiger partial charge >= 0.3 is 19.8 Å². The van der Waals surface area contributed by atoms with Crippen LogP contribution in [0, 0.1) is 0 Å². The van der Waals surface area contributed by atoms with Crippen molar-refractivity contribution in [1.82, 2.24) is 0 Å². The van der Waals surface area contributed by atoms with Crippen LogP contribution in [0.3, 0.4) is 0 Å². The molecule has 0 aliphatic rings. The summed E-state index contributed by atoms with van der Waals surface area (Å²) in [5.41, 5.74) is 5.37. The summed E-state index contributed by atoms with van der Waals surface area (Å²) in [5.74, 6) is -1.77. The first-order valence-electron chi connectivity index (χ1n) is 23.9. The average Bonchev–Trinajstić information content (AvgIpc) is 3.20. The van der Waals surface area contributed by atoms with Crippen molar-refractivity contribution in [2.75, 3.05) is 26.4 Å². The van der Waals surface area contributed by atoms with Crippen molar-refractivity contribution < 1.29 is 42.7 Å². The molecule has 58 heavy (non-hydrogen) atoms. The lowest BCUT2D eigenvalue weighted by Gasteiger charge is -2.20. The van der Waals surface area contributed by atoms with Crippen LogP contribution in [0.15, 0.2) is 24.3 Å². The topological polar surface area (TPSA) is 155 Å². The number of nitrogens with two attached hydrogens (primary N) is 1. The van der Waals surface area contributed by atoms with Crippen LogP contribution in [-0.2, 0) is 32.7 Å². The van der Waals surface area contributed by atoms with Gasteiger partial charge in [0.2, 0.25) is 0 Å². The number of esters is 1. The molecule has 0 rings (SSSR count). The molecular formula is C47H90NO9P. The predicted octanol–water partition coefficient (Wildman–Crippen LogP) is 13.5. The van der Waals surface area contributed by atoms with E-state index in [1.54, 1.807) is 0 Å². The van der Waals surface area contributed by atoms with Gasteiger partial charge in [0.05, 0.1) is 19.8 Å². The molecule has 3 atom stereocenters. The van der Waals surface area contributed by atoms with E-state index in [9.17, 15) is 19.0 Å². The third-order valence-electron chi connectivity index (χ3n) is 10.5. The van der Waals surface area contributed by atoms with Crippen molar-refractivity contribution in [2.45, 2.75) is 238 Å². The second kappa shape index (κ2) is 43.5. The molecule has 4 N–H and O–H groups in total. The Balaban J connectivity index is 4.15. The highest BCUT2D eigenvalue weighted by molar-refractivity contribution is 7.47. The predicted molar refractivity (Wildman–Crippen MR) is 240 cm³/mol. The van der Waals surface area contributed by atoms with Gasteiger partial charge in [-0.1, -0.05) is 199 Å². The summed E-state index contributed by atoms with van der Waals surface area (Å²) in [7, 11) is -4.62. The molecule has 0 aromatic heterocycles. The number of aliphatic carboxylic acids is 1. The molecule has 0 aliphatic carbocycles. The minimum atomic E-state index is -4.62. The first kappa shape index (κ1) is 56.5. The number of hydrogen-bond acceptors (Lipinski definition) is 8. The number of carboxylic acid groups (broad SMARTS) is 1. The van der Waals surface area contributed by atoms with E-state index in [2.05, 4.69) is 38.2 Å². The molecule has 3 unspecified atom stereocenters. The van der Waals surface area contributed by atoms with E-state index in [4.69, 9.17) is 29.4 Å². The maximum Gasteiger partial charge on any atom is 0.472 e. The number of rotatable bonds is 46. The lowest BCUT2D eigenvalue weighted by molar-refractivity contribution is -0.154. The van der Waals surface area contributed by atoms with Crippen LogP contribution < -0.4 is 5.73 Å². The Kier molecular flexibility index (Phi) is 42.4. The summed E-state index contributed by atoms with van der Waals surface area (Å²) in [4.78, 5) is 33.6. The van der Waals surface area contributed by atoms with Gasteiger partial charge in [-0.3, -0.25) is 18.6 Å². The molecule has 0 aromatic carbocycles. The first-order valence-corrected chi connectivity index (χ1v) is 25.4. The van der Waals surface area contributed by atoms with Gasteiger partial charge in [-0.2, -0.15) is 0 Å². The molecule has 0 radical (unpaired) electrons. The van der Waals surface area contributed by atoms with Crippen molar-refractivity contribution in [1.29, 1.82) is 0 Å². The summed E-state index contributed by atoms with van der Waals surface area (Å²) in [6.07, 6.45) is 48.0. The van der Waals surface area contributed by atoms with Crippen LogP contribution in [0.25, 0.3) is 0 Å². The highest BCUT2D eigenvalue weighted by atomic mass is 31.2. The Morgan fingerprint density at radius 1 is 0.552 bits per heavy atom. The van der Waals surface area contributed by atoms with Gasteiger partial charge < -0.3 is 25.2 Å². The van der Waals surface area contributed by atoms with Crippen molar-refractivity contribution in [3.63, 3.8) is 0 Å². The molecule has 0 amide bonds. The third-order valence-corrected chi connectivity index (χ3v) is 11.4. The maximum atomic E-state index is 12.7. The number of unbranched alkanes of at least 4 members (excludes halogenated alkanes) is 28. The molecule has 342 valence electrons. The Morgan fingerprint density at radius 3 is 1.43 bits per heavy atom. The molecule has 11 heteroatoms. The van der Waals surface area contributed by atoms with E-state index >= 15 is 0 Å². The van der Waals surface area contributed by atoms with E-state index in [-0.39, 0.29) is 13.0 Å². The molecule has 0 aromatic rings. The lowest BCUT2D eigenvalue weighted by atomic mass is 10.0. The van der Waals surface area contributed by atoms with E-state index in [0.29, 0.717) is 6.61 Å². The SMILES string of the molecule is CCCCC/C=C\C/C=C\CCCCCCCCCCCCOCC(COP(=O)(O)OCC(N)C(=O)O)OC(=O)CCCCCCCCCCCCCCCCCC. The minimum Gasteiger partial charge on any atom is -0.480 e. The van der Waals surface area contributed by atoms with E-state index in [0.717, 1.165) is 44.9 Å². The van der Waals surface area contributed by atoms with Gasteiger partial charge in [0, 0.05) is 13.0 Å². The number of phosphoric acid groups is 1. The Morgan fingerprint density at radius 2 is 0.948 bits per heavy atom. The van der Waals surface area contributed by atoms with Crippen LogP contribution in [-0.4, -0.2) is 60.5 Å². The van der Waals surface area contributed by atoms with Crippen LogP contribution in [0.1, 0.15) is 226 Å². The third kappa shape index (κ3) is 42.6. The fourth-order valence-corrected chi connectivity index (χ4v) is 7.53. The second-order valence-electron chi connectivity index (χ2n) is 16.2. The number of ether oxygens (including phenoxy) is 2. The maximum absolute atomic E-state index is 12.7. The van der Waals surface area contributed by atoms with Crippen molar-refractivity contribution in [3.8, 4) is 0 Å². The van der Waals surface area contributed by atoms with Crippen LogP contribution in [0.4, 0.5) is 0 Å². The standard InChI is InChI=1S/C47H90NO9P/c1-3-5-7-9-11-13-15-17-19-21-22-23-24-26-28-30-32-34-36-38-40-54-41-44(42-55-58(52,53)56-43-45(48)47(50)51)57-46(49)39-37-35-33-31-29-27-25-20-18-16-14-12-10-8-6-4-2/h11,13,17,19,44-45H,3-10,12,14-16,18,20-43,48H2,1-2H3,(H,50,51)(H,52,53)/b13-11-,19-17-. The smallest absolute Gasteiger partial charge is 0.472 e. The van der Waals surface area contributed by atoms with Crippen molar-refractivity contribution in [3.05, 3.63) is 24.3 Å². The number of phosphoric ester groups is 1. The first-order chi connectivity index (χ1) is 28.2. The quantitative estimate of drug-likeness (QED) is 0.0233. The number of allylic oxidation sites excluding steroid dienone is 4. The number of carbonyl (C=O) groups is 2. The Bertz CT molecular complexity index is 1020. The van der Waals surface area contributed by atoms with Gasteiger partial charge in [-0.05, 0) is 44.9 Å². The molecule has 0 bridgehead atoms. The molecule has 0 saturated heterocycles.